The molecule has 3 aromatic rings. The SMILES string of the molecule is COc1cccc2c(NCCO)cc(-c3ccccc3)nc12. The quantitative estimate of drug-likeness (QED) is 0.758. The Morgan fingerprint density at radius 2 is 1.91 bits per heavy atom. The van der Waals surface area contributed by atoms with E-state index in [0.717, 1.165) is 33.6 Å². The summed E-state index contributed by atoms with van der Waals surface area (Å²) < 4.78 is 5.44. The highest BCUT2D eigenvalue weighted by Crippen LogP contribution is 2.32. The number of para-hydroxylation sites is 1. The second-order valence-corrected chi connectivity index (χ2v) is 4.93. The van der Waals surface area contributed by atoms with Crippen molar-refractivity contribution in [2.24, 2.45) is 0 Å². The van der Waals surface area contributed by atoms with E-state index >= 15 is 0 Å². The first kappa shape index (κ1) is 14.4. The number of aliphatic hydroxyl groups is 1. The number of hydrogen-bond donors (Lipinski definition) is 2. The number of rotatable bonds is 5. The van der Waals surface area contributed by atoms with E-state index in [9.17, 15) is 0 Å². The largest absolute Gasteiger partial charge is 0.494 e. The van der Waals surface area contributed by atoms with Gasteiger partial charge in [-0.3, -0.25) is 0 Å². The van der Waals surface area contributed by atoms with E-state index in [2.05, 4.69) is 5.32 Å². The molecule has 0 saturated carbocycles. The number of ether oxygens (including phenoxy) is 1. The van der Waals surface area contributed by atoms with Crippen LogP contribution in [0.5, 0.6) is 5.75 Å². The molecule has 0 saturated heterocycles. The number of anilines is 1. The molecule has 112 valence electrons. The fourth-order valence-electron chi connectivity index (χ4n) is 2.48. The second-order valence-electron chi connectivity index (χ2n) is 4.93. The van der Waals surface area contributed by atoms with Crippen LogP contribution in [-0.2, 0) is 0 Å². The van der Waals surface area contributed by atoms with Crippen LogP contribution in [0.3, 0.4) is 0 Å². The molecule has 0 unspecified atom stereocenters. The summed E-state index contributed by atoms with van der Waals surface area (Å²) in [4.78, 5) is 4.76. The van der Waals surface area contributed by atoms with Crippen LogP contribution in [0.2, 0.25) is 0 Å². The summed E-state index contributed by atoms with van der Waals surface area (Å²) in [5.41, 5.74) is 3.67. The number of hydrogen-bond acceptors (Lipinski definition) is 4. The highest BCUT2D eigenvalue weighted by atomic mass is 16.5. The lowest BCUT2D eigenvalue weighted by atomic mass is 10.1. The number of methoxy groups -OCH3 is 1. The normalized spacial score (nSPS) is 10.6. The molecule has 0 amide bonds. The Balaban J connectivity index is 2.22. The summed E-state index contributed by atoms with van der Waals surface area (Å²) in [6.45, 7) is 0.568. The second kappa shape index (κ2) is 6.45. The number of aliphatic hydroxyl groups excluding tert-OH is 1. The molecular weight excluding hydrogens is 276 g/mol. The fourth-order valence-corrected chi connectivity index (χ4v) is 2.48. The van der Waals surface area contributed by atoms with Crippen LogP contribution in [0.25, 0.3) is 22.2 Å². The van der Waals surface area contributed by atoms with Gasteiger partial charge in [-0.15, -0.1) is 0 Å². The maximum Gasteiger partial charge on any atom is 0.145 e. The number of aromatic nitrogens is 1. The molecule has 0 radical (unpaired) electrons. The molecule has 2 N–H and O–H groups in total. The van der Waals surface area contributed by atoms with E-state index in [1.807, 2.05) is 54.6 Å². The van der Waals surface area contributed by atoms with Crippen molar-refractivity contribution >= 4 is 16.6 Å². The first-order valence-electron chi connectivity index (χ1n) is 7.21. The van der Waals surface area contributed by atoms with Crippen LogP contribution >= 0.6 is 0 Å². The van der Waals surface area contributed by atoms with Crippen molar-refractivity contribution < 1.29 is 9.84 Å². The highest BCUT2D eigenvalue weighted by molar-refractivity contribution is 5.97. The van der Waals surface area contributed by atoms with Gasteiger partial charge in [-0.05, 0) is 12.1 Å². The summed E-state index contributed by atoms with van der Waals surface area (Å²) in [6.07, 6.45) is 0. The minimum absolute atomic E-state index is 0.0778. The molecular formula is C18H18N2O2. The van der Waals surface area contributed by atoms with Crippen molar-refractivity contribution in [2.75, 3.05) is 25.6 Å². The van der Waals surface area contributed by atoms with Crippen molar-refractivity contribution in [3.05, 3.63) is 54.6 Å². The Labute approximate surface area is 129 Å². The maximum atomic E-state index is 9.08. The van der Waals surface area contributed by atoms with Crippen molar-refractivity contribution in [3.63, 3.8) is 0 Å². The molecule has 1 heterocycles. The number of benzene rings is 2. The summed E-state index contributed by atoms with van der Waals surface area (Å²) in [5, 5.41) is 13.3. The number of nitrogens with zero attached hydrogens (tertiary/aromatic N) is 1. The smallest absolute Gasteiger partial charge is 0.145 e. The van der Waals surface area contributed by atoms with Gasteiger partial charge in [0.2, 0.25) is 0 Å². The lowest BCUT2D eigenvalue weighted by Gasteiger charge is -2.13. The van der Waals surface area contributed by atoms with E-state index in [1.54, 1.807) is 7.11 Å². The molecule has 0 bridgehead atoms. The maximum absolute atomic E-state index is 9.08. The van der Waals surface area contributed by atoms with E-state index in [0.29, 0.717) is 6.54 Å². The van der Waals surface area contributed by atoms with E-state index in [-0.39, 0.29) is 6.61 Å². The van der Waals surface area contributed by atoms with Crippen LogP contribution in [0.15, 0.2) is 54.6 Å². The molecule has 1 aromatic heterocycles. The molecule has 4 heteroatoms. The van der Waals surface area contributed by atoms with Crippen molar-refractivity contribution in [3.8, 4) is 17.0 Å². The standard InChI is InChI=1S/C18H18N2O2/c1-22-17-9-5-8-14-16(19-10-11-21)12-15(20-18(14)17)13-6-3-2-4-7-13/h2-9,12,21H,10-11H2,1H3,(H,19,20). The lowest BCUT2D eigenvalue weighted by Crippen LogP contribution is -2.06. The van der Waals surface area contributed by atoms with Crippen LogP contribution < -0.4 is 10.1 Å². The van der Waals surface area contributed by atoms with Crippen LogP contribution in [0.1, 0.15) is 0 Å². The third kappa shape index (κ3) is 2.73. The molecule has 3 rings (SSSR count). The van der Waals surface area contributed by atoms with Crippen LogP contribution in [-0.4, -0.2) is 30.4 Å². The molecule has 4 nitrogen and oxygen atoms in total. The lowest BCUT2D eigenvalue weighted by molar-refractivity contribution is 0.311. The summed E-state index contributed by atoms with van der Waals surface area (Å²) in [5.74, 6) is 0.738. The Morgan fingerprint density at radius 1 is 1.09 bits per heavy atom. The molecule has 0 spiro atoms. The fraction of sp³-hybridized carbons (Fsp3) is 0.167. The van der Waals surface area contributed by atoms with Gasteiger partial charge in [-0.1, -0.05) is 42.5 Å². The molecule has 0 aliphatic heterocycles. The van der Waals surface area contributed by atoms with E-state index in [1.165, 1.54) is 0 Å². The van der Waals surface area contributed by atoms with Gasteiger partial charge in [-0.25, -0.2) is 4.98 Å². The van der Waals surface area contributed by atoms with Crippen molar-refractivity contribution in [1.29, 1.82) is 0 Å². The van der Waals surface area contributed by atoms with Gasteiger partial charge < -0.3 is 15.2 Å². The zero-order valence-electron chi connectivity index (χ0n) is 12.4. The van der Waals surface area contributed by atoms with E-state index < -0.39 is 0 Å². The molecule has 22 heavy (non-hydrogen) atoms. The predicted molar refractivity (Wildman–Crippen MR) is 89.3 cm³/mol. The van der Waals surface area contributed by atoms with Gasteiger partial charge in [0.05, 0.1) is 19.4 Å². The monoisotopic (exact) mass is 294 g/mol. The molecule has 0 fully saturated rings. The average molecular weight is 294 g/mol. The third-order valence-electron chi connectivity index (χ3n) is 3.52. The van der Waals surface area contributed by atoms with Crippen LogP contribution in [0, 0.1) is 0 Å². The third-order valence-corrected chi connectivity index (χ3v) is 3.52. The highest BCUT2D eigenvalue weighted by Gasteiger charge is 2.10. The topological polar surface area (TPSA) is 54.4 Å². The first-order chi connectivity index (χ1) is 10.8. The summed E-state index contributed by atoms with van der Waals surface area (Å²) in [7, 11) is 1.65. The number of nitrogens with one attached hydrogen (secondary N) is 1. The van der Waals surface area contributed by atoms with Gasteiger partial charge in [0.1, 0.15) is 11.3 Å². The Morgan fingerprint density at radius 3 is 2.64 bits per heavy atom. The van der Waals surface area contributed by atoms with Crippen LogP contribution in [0.4, 0.5) is 5.69 Å². The Bertz CT molecular complexity index is 773. The van der Waals surface area contributed by atoms with Gasteiger partial charge in [0.25, 0.3) is 0 Å². The Kier molecular flexibility index (Phi) is 4.21. The van der Waals surface area contributed by atoms with E-state index in [4.69, 9.17) is 14.8 Å². The van der Waals surface area contributed by atoms with Crippen molar-refractivity contribution in [2.45, 2.75) is 0 Å². The zero-order chi connectivity index (χ0) is 15.4. The molecule has 0 aliphatic rings. The van der Waals surface area contributed by atoms with Gasteiger partial charge in [-0.2, -0.15) is 0 Å². The number of pyridine rings is 1. The van der Waals surface area contributed by atoms with Crippen molar-refractivity contribution in [1.82, 2.24) is 4.98 Å². The summed E-state index contributed by atoms with van der Waals surface area (Å²) in [6, 6.07) is 17.9. The predicted octanol–water partition coefficient (Wildman–Crippen LogP) is 3.31. The first-order valence-corrected chi connectivity index (χ1v) is 7.21. The molecule has 0 aliphatic carbocycles. The molecule has 0 atom stereocenters. The average Bonchev–Trinajstić information content (AvgIpc) is 2.59. The van der Waals surface area contributed by atoms with Gasteiger partial charge in [0.15, 0.2) is 0 Å². The van der Waals surface area contributed by atoms with Gasteiger partial charge in [0, 0.05) is 23.2 Å². The minimum atomic E-state index is 0.0778. The molecule has 2 aromatic carbocycles. The number of fused-ring (bicyclic) bond motifs is 1. The van der Waals surface area contributed by atoms with Gasteiger partial charge >= 0.3 is 0 Å². The zero-order valence-corrected chi connectivity index (χ0v) is 12.4. The summed E-state index contributed by atoms with van der Waals surface area (Å²) >= 11 is 0. The Hall–Kier alpha value is -2.59. The minimum Gasteiger partial charge on any atom is -0.494 e.